The van der Waals surface area contributed by atoms with E-state index >= 15 is 0 Å². The third-order valence-corrected chi connectivity index (χ3v) is 3.67. The van der Waals surface area contributed by atoms with Crippen LogP contribution in [-0.2, 0) is 11.2 Å². The standard InChI is InChI=1S/C15H16ClFO/c1-10-2-5-12(6-3-10)15(18)9-11-4-7-14(17)13(16)8-11/h4-5,7-8,10H,2-3,6,9H2,1H3. The Kier molecular flexibility index (Phi) is 4.18. The van der Waals surface area contributed by atoms with E-state index in [0.29, 0.717) is 12.3 Å². The van der Waals surface area contributed by atoms with Crippen LogP contribution in [0.25, 0.3) is 0 Å². The summed E-state index contributed by atoms with van der Waals surface area (Å²) < 4.78 is 13.0. The number of hydrogen-bond acceptors (Lipinski definition) is 1. The molecule has 0 bridgehead atoms. The van der Waals surface area contributed by atoms with Gasteiger partial charge in [0.15, 0.2) is 5.78 Å². The largest absolute Gasteiger partial charge is 0.294 e. The zero-order valence-electron chi connectivity index (χ0n) is 10.4. The topological polar surface area (TPSA) is 17.1 Å². The highest BCUT2D eigenvalue weighted by Crippen LogP contribution is 2.25. The fourth-order valence-electron chi connectivity index (χ4n) is 2.17. The summed E-state index contributed by atoms with van der Waals surface area (Å²) in [5.41, 5.74) is 1.68. The number of halogens is 2. The molecule has 96 valence electrons. The highest BCUT2D eigenvalue weighted by molar-refractivity contribution is 6.30. The van der Waals surface area contributed by atoms with Crippen molar-refractivity contribution >= 4 is 17.4 Å². The smallest absolute Gasteiger partial charge is 0.162 e. The van der Waals surface area contributed by atoms with Crippen molar-refractivity contribution in [2.24, 2.45) is 5.92 Å². The number of hydrogen-bond donors (Lipinski definition) is 0. The number of rotatable bonds is 3. The van der Waals surface area contributed by atoms with Gasteiger partial charge in [-0.1, -0.05) is 30.7 Å². The summed E-state index contributed by atoms with van der Waals surface area (Å²) in [6.07, 6.45) is 5.25. The Morgan fingerprint density at radius 2 is 2.28 bits per heavy atom. The van der Waals surface area contributed by atoms with Crippen molar-refractivity contribution in [3.8, 4) is 0 Å². The molecule has 1 nitrogen and oxygen atoms in total. The van der Waals surface area contributed by atoms with Gasteiger partial charge in [-0.15, -0.1) is 0 Å². The summed E-state index contributed by atoms with van der Waals surface area (Å²) in [5.74, 6) is 0.352. The van der Waals surface area contributed by atoms with E-state index in [0.717, 1.165) is 30.4 Å². The van der Waals surface area contributed by atoms with Crippen molar-refractivity contribution < 1.29 is 9.18 Å². The fourth-order valence-corrected chi connectivity index (χ4v) is 2.37. The van der Waals surface area contributed by atoms with E-state index in [2.05, 4.69) is 6.92 Å². The molecule has 0 spiro atoms. The Morgan fingerprint density at radius 1 is 1.50 bits per heavy atom. The number of benzene rings is 1. The third-order valence-electron chi connectivity index (χ3n) is 3.38. The molecule has 0 radical (unpaired) electrons. The molecule has 0 N–H and O–H groups in total. The number of allylic oxidation sites excluding steroid dienone is 2. The Bertz CT molecular complexity index is 493. The Balaban J connectivity index is 2.05. The summed E-state index contributed by atoms with van der Waals surface area (Å²) >= 11 is 5.70. The first-order chi connectivity index (χ1) is 8.56. The minimum atomic E-state index is -0.446. The zero-order valence-corrected chi connectivity index (χ0v) is 11.1. The van der Waals surface area contributed by atoms with Crippen molar-refractivity contribution in [3.63, 3.8) is 0 Å². The van der Waals surface area contributed by atoms with E-state index in [1.165, 1.54) is 12.1 Å². The molecule has 1 aliphatic rings. The molecular formula is C15H16ClFO. The molecule has 0 saturated heterocycles. The molecule has 1 aromatic rings. The molecule has 0 saturated carbocycles. The number of Topliss-reactive ketones (excluding diaryl/α,β-unsaturated/α-hetero) is 1. The van der Waals surface area contributed by atoms with Gasteiger partial charge in [0.2, 0.25) is 0 Å². The SMILES string of the molecule is CC1CC=C(C(=O)Cc2ccc(F)c(Cl)c2)CC1. The molecule has 18 heavy (non-hydrogen) atoms. The average molecular weight is 267 g/mol. The minimum absolute atomic E-state index is 0.0755. The Labute approximate surface area is 112 Å². The Morgan fingerprint density at radius 3 is 2.89 bits per heavy atom. The van der Waals surface area contributed by atoms with Crippen molar-refractivity contribution in [2.75, 3.05) is 0 Å². The maximum absolute atomic E-state index is 13.0. The van der Waals surface area contributed by atoms with Crippen LogP contribution in [0.4, 0.5) is 4.39 Å². The number of carbonyl (C=O) groups is 1. The molecule has 1 unspecified atom stereocenters. The normalized spacial score (nSPS) is 19.5. The van der Waals surface area contributed by atoms with Crippen LogP contribution >= 0.6 is 11.6 Å². The highest BCUT2D eigenvalue weighted by Gasteiger charge is 2.16. The van der Waals surface area contributed by atoms with E-state index < -0.39 is 5.82 Å². The zero-order chi connectivity index (χ0) is 13.1. The Hall–Kier alpha value is -1.15. The molecule has 0 heterocycles. The maximum Gasteiger partial charge on any atom is 0.162 e. The van der Waals surface area contributed by atoms with Crippen LogP contribution < -0.4 is 0 Å². The lowest BCUT2D eigenvalue weighted by Gasteiger charge is -2.17. The lowest BCUT2D eigenvalue weighted by Crippen LogP contribution is -2.12. The van der Waals surface area contributed by atoms with Gasteiger partial charge in [-0.05, 0) is 48.4 Å². The second kappa shape index (κ2) is 5.66. The average Bonchev–Trinajstić information content (AvgIpc) is 2.34. The van der Waals surface area contributed by atoms with Gasteiger partial charge in [0, 0.05) is 6.42 Å². The van der Waals surface area contributed by atoms with Gasteiger partial charge in [0.1, 0.15) is 5.82 Å². The molecule has 0 amide bonds. The molecule has 1 aliphatic carbocycles. The van der Waals surface area contributed by atoms with Crippen LogP contribution in [0.5, 0.6) is 0 Å². The molecule has 3 heteroatoms. The van der Waals surface area contributed by atoms with E-state index in [9.17, 15) is 9.18 Å². The second-order valence-electron chi connectivity index (χ2n) is 4.96. The summed E-state index contributed by atoms with van der Waals surface area (Å²) in [4.78, 5) is 12.1. The summed E-state index contributed by atoms with van der Waals surface area (Å²) in [6.45, 7) is 2.19. The summed E-state index contributed by atoms with van der Waals surface area (Å²) in [7, 11) is 0. The second-order valence-corrected chi connectivity index (χ2v) is 5.36. The summed E-state index contributed by atoms with van der Waals surface area (Å²) in [5, 5.41) is 0.0755. The van der Waals surface area contributed by atoms with Gasteiger partial charge in [-0.3, -0.25) is 4.79 Å². The van der Waals surface area contributed by atoms with Crippen molar-refractivity contribution in [3.05, 3.63) is 46.3 Å². The van der Waals surface area contributed by atoms with Crippen LogP contribution in [-0.4, -0.2) is 5.78 Å². The van der Waals surface area contributed by atoms with Crippen LogP contribution in [0.2, 0.25) is 5.02 Å². The lowest BCUT2D eigenvalue weighted by molar-refractivity contribution is -0.115. The molecular weight excluding hydrogens is 251 g/mol. The molecule has 0 fully saturated rings. The molecule has 2 rings (SSSR count). The van der Waals surface area contributed by atoms with Crippen LogP contribution in [0.1, 0.15) is 31.7 Å². The highest BCUT2D eigenvalue weighted by atomic mass is 35.5. The van der Waals surface area contributed by atoms with Crippen LogP contribution in [0.15, 0.2) is 29.8 Å². The monoisotopic (exact) mass is 266 g/mol. The van der Waals surface area contributed by atoms with Crippen LogP contribution in [0.3, 0.4) is 0 Å². The minimum Gasteiger partial charge on any atom is -0.294 e. The van der Waals surface area contributed by atoms with Crippen molar-refractivity contribution in [1.29, 1.82) is 0 Å². The third kappa shape index (κ3) is 3.20. The first kappa shape index (κ1) is 13.3. The van der Waals surface area contributed by atoms with E-state index in [4.69, 9.17) is 11.6 Å². The molecule has 1 atom stereocenters. The molecule has 0 aliphatic heterocycles. The first-order valence-electron chi connectivity index (χ1n) is 6.22. The van der Waals surface area contributed by atoms with Crippen LogP contribution in [0, 0.1) is 11.7 Å². The first-order valence-corrected chi connectivity index (χ1v) is 6.60. The van der Waals surface area contributed by atoms with E-state index in [-0.39, 0.29) is 10.8 Å². The maximum atomic E-state index is 13.0. The van der Waals surface area contributed by atoms with Gasteiger partial charge in [-0.2, -0.15) is 0 Å². The lowest BCUT2D eigenvalue weighted by atomic mass is 9.88. The van der Waals surface area contributed by atoms with Crippen molar-refractivity contribution in [2.45, 2.75) is 32.6 Å². The quantitative estimate of drug-likeness (QED) is 0.795. The van der Waals surface area contributed by atoms with Gasteiger partial charge >= 0.3 is 0 Å². The number of ketones is 1. The fraction of sp³-hybridized carbons (Fsp3) is 0.400. The van der Waals surface area contributed by atoms with E-state index in [1.54, 1.807) is 6.07 Å². The van der Waals surface area contributed by atoms with Gasteiger partial charge in [0.25, 0.3) is 0 Å². The summed E-state index contributed by atoms with van der Waals surface area (Å²) in [6, 6.07) is 4.45. The van der Waals surface area contributed by atoms with Gasteiger partial charge < -0.3 is 0 Å². The van der Waals surface area contributed by atoms with E-state index in [1.807, 2.05) is 6.08 Å². The predicted octanol–water partition coefficient (Wildman–Crippen LogP) is 4.34. The molecule has 1 aromatic carbocycles. The van der Waals surface area contributed by atoms with Gasteiger partial charge in [0.05, 0.1) is 5.02 Å². The van der Waals surface area contributed by atoms with Crippen molar-refractivity contribution in [1.82, 2.24) is 0 Å². The number of carbonyl (C=O) groups excluding carboxylic acids is 1. The van der Waals surface area contributed by atoms with Gasteiger partial charge in [-0.25, -0.2) is 4.39 Å². The molecule has 0 aromatic heterocycles. The predicted molar refractivity (Wildman–Crippen MR) is 71.2 cm³/mol.